The third-order valence-corrected chi connectivity index (χ3v) is 4.51. The molecular weight excluding hydrogens is 332 g/mol. The molecule has 1 fully saturated rings. The lowest BCUT2D eigenvalue weighted by molar-refractivity contribution is -0.130. The molecule has 0 spiro atoms. The van der Waals surface area contributed by atoms with Crippen LogP contribution in [0, 0.1) is 6.92 Å². The Morgan fingerprint density at radius 1 is 1.04 bits per heavy atom. The normalized spacial score (nSPS) is 15.3. The highest BCUT2D eigenvalue weighted by Crippen LogP contribution is 2.05. The van der Waals surface area contributed by atoms with Gasteiger partial charge in [0.15, 0.2) is 0 Å². The molecule has 2 rings (SSSR count). The number of rotatable bonds is 5. The number of carbonyl (C=O) groups is 3. The Morgan fingerprint density at radius 2 is 1.73 bits per heavy atom. The molecule has 7 nitrogen and oxygen atoms in total. The number of carbonyl (C=O) groups excluding carboxylic acids is 3. The lowest BCUT2D eigenvalue weighted by Crippen LogP contribution is -2.42. The average Bonchev–Trinajstić information content (AvgIpc) is 2.85. The summed E-state index contributed by atoms with van der Waals surface area (Å²) in [6.45, 7) is 4.99. The molecule has 1 saturated heterocycles. The number of hydrogen-bond donors (Lipinski definition) is 1. The van der Waals surface area contributed by atoms with Gasteiger partial charge in [-0.1, -0.05) is 17.7 Å². The molecule has 1 aliphatic rings. The van der Waals surface area contributed by atoms with Crippen LogP contribution < -0.4 is 5.32 Å². The van der Waals surface area contributed by atoms with Gasteiger partial charge in [0.25, 0.3) is 5.91 Å². The maximum atomic E-state index is 12.4. The van der Waals surface area contributed by atoms with Crippen molar-refractivity contribution in [3.63, 3.8) is 0 Å². The monoisotopic (exact) mass is 360 g/mol. The minimum atomic E-state index is -0.244. The van der Waals surface area contributed by atoms with Crippen LogP contribution in [-0.4, -0.2) is 85.8 Å². The molecule has 7 heteroatoms. The number of benzene rings is 1. The van der Waals surface area contributed by atoms with Crippen LogP contribution in [0.15, 0.2) is 24.3 Å². The molecular formula is C19H28N4O3. The Bertz CT molecular complexity index is 643. The highest BCUT2D eigenvalue weighted by atomic mass is 16.2. The molecule has 0 aromatic heterocycles. The summed E-state index contributed by atoms with van der Waals surface area (Å²) in [6.07, 6.45) is 0.818. The number of likely N-dealkylation sites (N-methyl/N-ethyl adjacent to an activating group) is 1. The SMILES string of the molecule is Cc1ccc(C(=O)NCC(=O)N2CCCN(CC(=O)N(C)C)CC2)cc1. The van der Waals surface area contributed by atoms with E-state index in [4.69, 9.17) is 0 Å². The fourth-order valence-corrected chi connectivity index (χ4v) is 2.79. The number of amides is 3. The summed E-state index contributed by atoms with van der Waals surface area (Å²) in [5, 5.41) is 2.69. The van der Waals surface area contributed by atoms with Gasteiger partial charge in [0.05, 0.1) is 13.1 Å². The van der Waals surface area contributed by atoms with Crippen molar-refractivity contribution in [2.45, 2.75) is 13.3 Å². The van der Waals surface area contributed by atoms with Gasteiger partial charge in [-0.05, 0) is 25.5 Å². The maximum absolute atomic E-state index is 12.4. The quantitative estimate of drug-likeness (QED) is 0.822. The molecule has 0 radical (unpaired) electrons. The molecule has 1 aliphatic heterocycles. The van der Waals surface area contributed by atoms with Crippen molar-refractivity contribution < 1.29 is 14.4 Å². The van der Waals surface area contributed by atoms with Crippen molar-refractivity contribution in [2.75, 3.05) is 53.4 Å². The zero-order chi connectivity index (χ0) is 19.1. The molecule has 1 aromatic carbocycles. The van der Waals surface area contributed by atoms with E-state index in [9.17, 15) is 14.4 Å². The second-order valence-corrected chi connectivity index (χ2v) is 6.85. The number of nitrogens with zero attached hydrogens (tertiary/aromatic N) is 3. The highest BCUT2D eigenvalue weighted by molar-refractivity contribution is 5.96. The van der Waals surface area contributed by atoms with E-state index in [0.29, 0.717) is 31.7 Å². The number of nitrogens with one attached hydrogen (secondary N) is 1. The average molecular weight is 360 g/mol. The first-order valence-corrected chi connectivity index (χ1v) is 8.92. The molecule has 1 aromatic rings. The zero-order valence-corrected chi connectivity index (χ0v) is 15.8. The van der Waals surface area contributed by atoms with Crippen LogP contribution in [0.25, 0.3) is 0 Å². The Kier molecular flexibility index (Phi) is 7.15. The first-order valence-electron chi connectivity index (χ1n) is 8.92. The molecule has 1 heterocycles. The summed E-state index contributed by atoms with van der Waals surface area (Å²) in [7, 11) is 3.49. The van der Waals surface area contributed by atoms with E-state index in [-0.39, 0.29) is 24.3 Å². The predicted molar refractivity (Wildman–Crippen MR) is 99.8 cm³/mol. The fraction of sp³-hybridized carbons (Fsp3) is 0.526. The fourth-order valence-electron chi connectivity index (χ4n) is 2.79. The van der Waals surface area contributed by atoms with Crippen molar-refractivity contribution in [3.8, 4) is 0 Å². The molecule has 0 atom stereocenters. The summed E-state index contributed by atoms with van der Waals surface area (Å²) >= 11 is 0. The van der Waals surface area contributed by atoms with E-state index in [0.717, 1.165) is 18.5 Å². The van der Waals surface area contributed by atoms with Gasteiger partial charge in [0.1, 0.15) is 0 Å². The summed E-state index contributed by atoms with van der Waals surface area (Å²) in [4.78, 5) is 41.7. The number of hydrogen-bond acceptors (Lipinski definition) is 4. The number of aryl methyl sites for hydroxylation is 1. The van der Waals surface area contributed by atoms with E-state index in [1.54, 1.807) is 36.0 Å². The second-order valence-electron chi connectivity index (χ2n) is 6.85. The van der Waals surface area contributed by atoms with Gasteiger partial charge in [-0.15, -0.1) is 0 Å². The van der Waals surface area contributed by atoms with Crippen LogP contribution in [0.1, 0.15) is 22.3 Å². The van der Waals surface area contributed by atoms with Gasteiger partial charge >= 0.3 is 0 Å². The van der Waals surface area contributed by atoms with Gasteiger partial charge in [0.2, 0.25) is 11.8 Å². The summed E-state index contributed by atoms with van der Waals surface area (Å²) in [5.41, 5.74) is 1.63. The Hall–Kier alpha value is -2.41. The third kappa shape index (κ3) is 5.84. The van der Waals surface area contributed by atoms with E-state index < -0.39 is 0 Å². The van der Waals surface area contributed by atoms with E-state index in [1.807, 2.05) is 19.1 Å². The molecule has 0 saturated carbocycles. The van der Waals surface area contributed by atoms with Crippen molar-refractivity contribution >= 4 is 17.7 Å². The minimum Gasteiger partial charge on any atom is -0.348 e. The van der Waals surface area contributed by atoms with Gasteiger partial charge in [-0.2, -0.15) is 0 Å². The summed E-state index contributed by atoms with van der Waals surface area (Å²) in [5.74, 6) is -0.271. The molecule has 26 heavy (non-hydrogen) atoms. The molecule has 142 valence electrons. The molecule has 0 aliphatic carbocycles. The maximum Gasteiger partial charge on any atom is 0.251 e. The van der Waals surface area contributed by atoms with Gasteiger partial charge in [-0.3, -0.25) is 19.3 Å². The standard InChI is InChI=1S/C19H28N4O3/c1-15-5-7-16(8-6-15)19(26)20-13-17(24)23-10-4-9-22(11-12-23)14-18(25)21(2)3/h5-8H,4,9-14H2,1-3H3,(H,20,26). The van der Waals surface area contributed by atoms with Crippen molar-refractivity contribution in [1.82, 2.24) is 20.0 Å². The Labute approximate surface area is 154 Å². The van der Waals surface area contributed by atoms with Crippen molar-refractivity contribution in [2.24, 2.45) is 0 Å². The van der Waals surface area contributed by atoms with E-state index in [1.165, 1.54) is 0 Å². The smallest absolute Gasteiger partial charge is 0.251 e. The molecule has 0 unspecified atom stereocenters. The largest absolute Gasteiger partial charge is 0.348 e. The molecule has 0 bridgehead atoms. The summed E-state index contributed by atoms with van der Waals surface area (Å²) < 4.78 is 0. The highest BCUT2D eigenvalue weighted by Gasteiger charge is 2.21. The first kappa shape index (κ1) is 19.9. The van der Waals surface area contributed by atoms with Crippen molar-refractivity contribution in [1.29, 1.82) is 0 Å². The Balaban J connectivity index is 1.79. The zero-order valence-electron chi connectivity index (χ0n) is 15.8. The lowest BCUT2D eigenvalue weighted by atomic mass is 10.1. The summed E-state index contributed by atoms with van der Waals surface area (Å²) in [6, 6.07) is 7.24. The Morgan fingerprint density at radius 3 is 2.38 bits per heavy atom. The van der Waals surface area contributed by atoms with Gasteiger partial charge in [0, 0.05) is 45.8 Å². The van der Waals surface area contributed by atoms with E-state index in [2.05, 4.69) is 10.2 Å². The van der Waals surface area contributed by atoms with E-state index >= 15 is 0 Å². The molecule has 3 amide bonds. The van der Waals surface area contributed by atoms with Gasteiger partial charge < -0.3 is 15.1 Å². The second kappa shape index (κ2) is 9.33. The first-order chi connectivity index (χ1) is 12.4. The van der Waals surface area contributed by atoms with Crippen LogP contribution in [0.4, 0.5) is 0 Å². The van der Waals surface area contributed by atoms with Crippen molar-refractivity contribution in [3.05, 3.63) is 35.4 Å². The van der Waals surface area contributed by atoms with Gasteiger partial charge in [-0.25, -0.2) is 0 Å². The van der Waals surface area contributed by atoms with Crippen LogP contribution in [-0.2, 0) is 9.59 Å². The van der Waals surface area contributed by atoms with Crippen LogP contribution in [0.5, 0.6) is 0 Å². The lowest BCUT2D eigenvalue weighted by Gasteiger charge is -2.23. The predicted octanol–water partition coefficient (Wildman–Crippen LogP) is 0.347. The third-order valence-electron chi connectivity index (χ3n) is 4.51. The topological polar surface area (TPSA) is 73.0 Å². The van der Waals surface area contributed by atoms with Crippen LogP contribution in [0.2, 0.25) is 0 Å². The minimum absolute atomic E-state index is 0.0106. The van der Waals surface area contributed by atoms with Crippen LogP contribution >= 0.6 is 0 Å². The molecule has 1 N–H and O–H groups in total. The van der Waals surface area contributed by atoms with Crippen LogP contribution in [0.3, 0.4) is 0 Å².